The molecule has 96 valence electrons. The van der Waals surface area contributed by atoms with Crippen molar-refractivity contribution < 1.29 is 4.79 Å². The van der Waals surface area contributed by atoms with Crippen LogP contribution in [0.1, 0.15) is 21.5 Å². The van der Waals surface area contributed by atoms with Crippen LogP contribution < -0.4 is 5.43 Å². The lowest BCUT2D eigenvalue weighted by Crippen LogP contribution is -2.17. The van der Waals surface area contributed by atoms with Gasteiger partial charge in [-0.25, -0.2) is 5.43 Å². The summed E-state index contributed by atoms with van der Waals surface area (Å²) in [6.45, 7) is 1.88. The van der Waals surface area contributed by atoms with Crippen LogP contribution >= 0.6 is 11.6 Å². The summed E-state index contributed by atoms with van der Waals surface area (Å²) in [7, 11) is 0. The predicted octanol–water partition coefficient (Wildman–Crippen LogP) is 2.81. The van der Waals surface area contributed by atoms with Crippen LogP contribution in [0.15, 0.2) is 47.8 Å². The lowest BCUT2D eigenvalue weighted by Gasteiger charge is -2.02. The van der Waals surface area contributed by atoms with Crippen molar-refractivity contribution in [3.8, 4) is 0 Å². The molecule has 0 saturated heterocycles. The van der Waals surface area contributed by atoms with E-state index in [9.17, 15) is 4.79 Å². The van der Waals surface area contributed by atoms with Crippen molar-refractivity contribution in [2.75, 3.05) is 0 Å². The number of aryl methyl sites for hydroxylation is 1. The number of amides is 1. The Morgan fingerprint density at radius 2 is 2.05 bits per heavy atom. The first-order valence-electron chi connectivity index (χ1n) is 5.66. The number of aromatic nitrogens is 1. The average molecular weight is 274 g/mol. The first-order chi connectivity index (χ1) is 9.16. The van der Waals surface area contributed by atoms with Gasteiger partial charge in [-0.15, -0.1) is 0 Å². The molecular weight excluding hydrogens is 262 g/mol. The number of carbonyl (C=O) groups excluding carboxylic acids is 1. The number of nitrogens with one attached hydrogen (secondary N) is 1. The number of pyridine rings is 1. The van der Waals surface area contributed by atoms with Crippen LogP contribution in [0.5, 0.6) is 0 Å². The molecule has 5 heteroatoms. The maximum atomic E-state index is 11.8. The lowest BCUT2D eigenvalue weighted by molar-refractivity contribution is 0.0955. The van der Waals surface area contributed by atoms with E-state index >= 15 is 0 Å². The summed E-state index contributed by atoms with van der Waals surface area (Å²) in [5.41, 5.74) is 4.71. The largest absolute Gasteiger partial charge is 0.271 e. The second-order valence-corrected chi connectivity index (χ2v) is 4.35. The first-order valence-corrected chi connectivity index (χ1v) is 6.04. The molecule has 1 N–H and O–H groups in total. The zero-order valence-corrected chi connectivity index (χ0v) is 11.1. The molecule has 0 saturated carbocycles. The highest BCUT2D eigenvalue weighted by molar-refractivity contribution is 6.31. The summed E-state index contributed by atoms with van der Waals surface area (Å²) < 4.78 is 0. The smallest absolute Gasteiger partial charge is 0.267 e. The van der Waals surface area contributed by atoms with Gasteiger partial charge in [0.25, 0.3) is 5.91 Å². The third-order valence-electron chi connectivity index (χ3n) is 2.52. The Labute approximate surface area is 116 Å². The van der Waals surface area contributed by atoms with E-state index in [4.69, 9.17) is 11.6 Å². The van der Waals surface area contributed by atoms with Gasteiger partial charge < -0.3 is 0 Å². The normalized spacial score (nSPS) is 10.6. The number of benzene rings is 1. The molecule has 0 aliphatic carbocycles. The van der Waals surface area contributed by atoms with Crippen LogP contribution in [0.25, 0.3) is 0 Å². The minimum absolute atomic E-state index is 0.299. The molecule has 1 heterocycles. The van der Waals surface area contributed by atoms with Gasteiger partial charge in [-0.1, -0.05) is 17.7 Å². The number of halogens is 1. The van der Waals surface area contributed by atoms with Crippen molar-refractivity contribution in [1.82, 2.24) is 10.4 Å². The first kappa shape index (κ1) is 13.2. The Morgan fingerprint density at radius 1 is 1.32 bits per heavy atom. The fourth-order valence-electron chi connectivity index (χ4n) is 1.41. The minimum atomic E-state index is -0.299. The van der Waals surface area contributed by atoms with Crippen molar-refractivity contribution in [3.05, 3.63) is 64.4 Å². The van der Waals surface area contributed by atoms with E-state index < -0.39 is 0 Å². The molecule has 0 unspecified atom stereocenters. The van der Waals surface area contributed by atoms with Crippen molar-refractivity contribution >= 4 is 23.7 Å². The summed E-state index contributed by atoms with van der Waals surface area (Å²) >= 11 is 5.96. The zero-order chi connectivity index (χ0) is 13.7. The second-order valence-electron chi connectivity index (χ2n) is 3.94. The Hall–Kier alpha value is -2.20. The number of rotatable bonds is 3. The Kier molecular flexibility index (Phi) is 4.26. The molecular formula is C14H12ClN3O. The van der Waals surface area contributed by atoms with E-state index in [1.807, 2.05) is 6.92 Å². The number of hydrogen-bond donors (Lipinski definition) is 1. The Bertz CT molecular complexity index is 611. The van der Waals surface area contributed by atoms with Gasteiger partial charge in [0.05, 0.1) is 6.21 Å². The fraction of sp³-hybridized carbons (Fsp3) is 0.0714. The summed E-state index contributed by atoms with van der Waals surface area (Å²) in [5, 5.41) is 4.44. The van der Waals surface area contributed by atoms with Gasteiger partial charge >= 0.3 is 0 Å². The van der Waals surface area contributed by atoms with Crippen LogP contribution in [-0.4, -0.2) is 17.1 Å². The van der Waals surface area contributed by atoms with Crippen molar-refractivity contribution in [2.24, 2.45) is 5.10 Å². The standard InChI is InChI=1S/C14H12ClN3O/c1-10-2-3-12(8-13(10)15)14(19)18-17-9-11-4-6-16-7-5-11/h2-9H,1H3,(H,18,19)/b17-9+. The molecule has 0 aliphatic heterocycles. The molecule has 0 spiro atoms. The predicted molar refractivity (Wildman–Crippen MR) is 75.5 cm³/mol. The zero-order valence-electron chi connectivity index (χ0n) is 10.3. The monoisotopic (exact) mass is 273 g/mol. The molecule has 2 aromatic rings. The Balaban J connectivity index is 2.01. The number of nitrogens with zero attached hydrogens (tertiary/aromatic N) is 2. The maximum Gasteiger partial charge on any atom is 0.271 e. The molecule has 0 bridgehead atoms. The van der Waals surface area contributed by atoms with E-state index in [-0.39, 0.29) is 5.91 Å². The molecule has 0 fully saturated rings. The second kappa shape index (κ2) is 6.11. The van der Waals surface area contributed by atoms with Gasteiger partial charge in [-0.2, -0.15) is 5.10 Å². The van der Waals surface area contributed by atoms with E-state index in [2.05, 4.69) is 15.5 Å². The van der Waals surface area contributed by atoms with Crippen LogP contribution in [-0.2, 0) is 0 Å². The Morgan fingerprint density at radius 3 is 2.74 bits per heavy atom. The molecule has 2 rings (SSSR count). The molecule has 0 atom stereocenters. The number of hydrazone groups is 1. The van der Waals surface area contributed by atoms with Gasteiger partial charge in [0.1, 0.15) is 0 Å². The molecule has 0 aliphatic rings. The molecule has 1 aromatic carbocycles. The third-order valence-corrected chi connectivity index (χ3v) is 2.93. The van der Waals surface area contributed by atoms with Gasteiger partial charge in [-0.05, 0) is 42.3 Å². The average Bonchev–Trinajstić information content (AvgIpc) is 2.43. The SMILES string of the molecule is Cc1ccc(C(=O)N/N=C/c2ccncc2)cc1Cl. The summed E-state index contributed by atoms with van der Waals surface area (Å²) in [5.74, 6) is -0.299. The summed E-state index contributed by atoms with van der Waals surface area (Å²) in [6, 6.07) is 8.70. The van der Waals surface area contributed by atoms with Gasteiger partial charge in [0, 0.05) is 23.0 Å². The molecule has 19 heavy (non-hydrogen) atoms. The van der Waals surface area contributed by atoms with E-state index in [0.717, 1.165) is 11.1 Å². The van der Waals surface area contributed by atoms with E-state index in [1.54, 1.807) is 48.9 Å². The highest BCUT2D eigenvalue weighted by atomic mass is 35.5. The molecule has 4 nitrogen and oxygen atoms in total. The lowest BCUT2D eigenvalue weighted by atomic mass is 10.1. The van der Waals surface area contributed by atoms with Crippen LogP contribution in [0, 0.1) is 6.92 Å². The maximum absolute atomic E-state index is 11.8. The minimum Gasteiger partial charge on any atom is -0.267 e. The highest BCUT2D eigenvalue weighted by Crippen LogP contribution is 2.16. The summed E-state index contributed by atoms with van der Waals surface area (Å²) in [6.07, 6.45) is 4.86. The topological polar surface area (TPSA) is 54.4 Å². The van der Waals surface area contributed by atoms with Crippen molar-refractivity contribution in [1.29, 1.82) is 0 Å². The highest BCUT2D eigenvalue weighted by Gasteiger charge is 2.05. The van der Waals surface area contributed by atoms with E-state index in [0.29, 0.717) is 10.6 Å². The van der Waals surface area contributed by atoms with Gasteiger partial charge in [-0.3, -0.25) is 9.78 Å². The van der Waals surface area contributed by atoms with Crippen LogP contribution in [0.3, 0.4) is 0 Å². The fourth-order valence-corrected chi connectivity index (χ4v) is 1.59. The summed E-state index contributed by atoms with van der Waals surface area (Å²) in [4.78, 5) is 15.7. The van der Waals surface area contributed by atoms with Crippen LogP contribution in [0.2, 0.25) is 5.02 Å². The van der Waals surface area contributed by atoms with Gasteiger partial charge in [0.15, 0.2) is 0 Å². The third kappa shape index (κ3) is 3.63. The van der Waals surface area contributed by atoms with Crippen molar-refractivity contribution in [2.45, 2.75) is 6.92 Å². The molecule has 0 radical (unpaired) electrons. The quantitative estimate of drug-likeness (QED) is 0.691. The van der Waals surface area contributed by atoms with Crippen molar-refractivity contribution in [3.63, 3.8) is 0 Å². The molecule has 1 aromatic heterocycles. The van der Waals surface area contributed by atoms with Gasteiger partial charge in [0.2, 0.25) is 0 Å². The number of hydrogen-bond acceptors (Lipinski definition) is 3. The number of carbonyl (C=O) groups is 1. The molecule has 1 amide bonds. The van der Waals surface area contributed by atoms with Crippen LogP contribution in [0.4, 0.5) is 0 Å². The van der Waals surface area contributed by atoms with E-state index in [1.165, 1.54) is 0 Å².